The van der Waals surface area contributed by atoms with Crippen LogP contribution >= 0.6 is 0 Å². The van der Waals surface area contributed by atoms with E-state index in [1.54, 1.807) is 0 Å². The predicted octanol–water partition coefficient (Wildman–Crippen LogP) is 3.27. The molecule has 3 saturated heterocycles. The predicted molar refractivity (Wildman–Crippen MR) is 81.9 cm³/mol. The number of hydrogen-bond donors (Lipinski definition) is 0. The second kappa shape index (κ2) is 4.52. The average Bonchev–Trinajstić information content (AvgIpc) is 2.38. The molecule has 2 nitrogen and oxygen atoms in total. The van der Waals surface area contributed by atoms with Gasteiger partial charge in [-0.05, 0) is 36.1 Å². The van der Waals surface area contributed by atoms with Gasteiger partial charge in [-0.2, -0.15) is 0 Å². The van der Waals surface area contributed by atoms with Gasteiger partial charge in [0.2, 0.25) is 0 Å². The van der Waals surface area contributed by atoms with E-state index >= 15 is 0 Å². The number of nitrogens with zero attached hydrogens (tertiary/aromatic N) is 2. The molecule has 3 aliphatic heterocycles. The van der Waals surface area contributed by atoms with Crippen molar-refractivity contribution in [1.82, 2.24) is 4.90 Å². The van der Waals surface area contributed by atoms with Gasteiger partial charge in [-0.3, -0.25) is 4.90 Å². The molecule has 19 heavy (non-hydrogen) atoms. The van der Waals surface area contributed by atoms with Gasteiger partial charge in [0.05, 0.1) is 0 Å². The zero-order valence-electron chi connectivity index (χ0n) is 12.7. The van der Waals surface area contributed by atoms with Crippen molar-refractivity contribution in [2.75, 3.05) is 24.5 Å². The summed E-state index contributed by atoms with van der Waals surface area (Å²) in [6.45, 7) is 12.7. The molecule has 0 amide bonds. The lowest BCUT2D eigenvalue weighted by Crippen LogP contribution is -2.68. The van der Waals surface area contributed by atoms with E-state index in [1.165, 1.54) is 37.3 Å². The van der Waals surface area contributed by atoms with Crippen molar-refractivity contribution in [3.05, 3.63) is 29.8 Å². The number of piperidine rings is 1. The van der Waals surface area contributed by atoms with Gasteiger partial charge in [0.1, 0.15) is 0 Å². The summed E-state index contributed by atoms with van der Waals surface area (Å²) >= 11 is 0. The van der Waals surface area contributed by atoms with Crippen LogP contribution in [0.25, 0.3) is 0 Å². The number of rotatable bonds is 2. The van der Waals surface area contributed by atoms with Crippen molar-refractivity contribution in [1.29, 1.82) is 0 Å². The summed E-state index contributed by atoms with van der Waals surface area (Å²) in [5, 5.41) is 0. The SMILES string of the molecule is CCN1C2CC1CN(c1ccc(C(C)(C)C)cc1)C2. The third-order valence-corrected chi connectivity index (χ3v) is 4.81. The molecule has 0 saturated carbocycles. The van der Waals surface area contributed by atoms with Crippen LogP contribution in [0.1, 0.15) is 39.7 Å². The minimum absolute atomic E-state index is 0.252. The molecule has 0 spiro atoms. The van der Waals surface area contributed by atoms with E-state index in [9.17, 15) is 0 Å². The molecule has 0 N–H and O–H groups in total. The largest absolute Gasteiger partial charge is 0.368 e. The Hall–Kier alpha value is -1.02. The molecule has 0 radical (unpaired) electrons. The first-order valence-electron chi connectivity index (χ1n) is 7.60. The summed E-state index contributed by atoms with van der Waals surface area (Å²) in [6.07, 6.45) is 1.41. The minimum Gasteiger partial charge on any atom is -0.368 e. The van der Waals surface area contributed by atoms with Crippen LogP contribution < -0.4 is 4.90 Å². The molecule has 3 fully saturated rings. The van der Waals surface area contributed by atoms with Crippen LogP contribution in [0, 0.1) is 0 Å². The van der Waals surface area contributed by atoms with Gasteiger partial charge in [0.15, 0.2) is 0 Å². The van der Waals surface area contributed by atoms with Gasteiger partial charge in [-0.25, -0.2) is 0 Å². The molecule has 0 aromatic heterocycles. The number of fused-ring (bicyclic) bond motifs is 2. The van der Waals surface area contributed by atoms with E-state index in [4.69, 9.17) is 0 Å². The van der Waals surface area contributed by atoms with Crippen molar-refractivity contribution in [3.8, 4) is 0 Å². The van der Waals surface area contributed by atoms with Crippen LogP contribution in [0.15, 0.2) is 24.3 Å². The van der Waals surface area contributed by atoms with Crippen molar-refractivity contribution in [3.63, 3.8) is 0 Å². The molecule has 4 rings (SSSR count). The number of hydrogen-bond acceptors (Lipinski definition) is 2. The third kappa shape index (κ3) is 2.27. The monoisotopic (exact) mass is 258 g/mol. The Bertz CT molecular complexity index is 431. The Morgan fingerprint density at radius 3 is 2.11 bits per heavy atom. The van der Waals surface area contributed by atoms with Gasteiger partial charge in [0, 0.05) is 30.9 Å². The van der Waals surface area contributed by atoms with Gasteiger partial charge in [-0.1, -0.05) is 39.8 Å². The molecular formula is C17H26N2. The quantitative estimate of drug-likeness (QED) is 0.803. The van der Waals surface area contributed by atoms with Gasteiger partial charge >= 0.3 is 0 Å². The molecule has 3 heterocycles. The number of benzene rings is 1. The lowest BCUT2D eigenvalue weighted by Gasteiger charge is -2.56. The Morgan fingerprint density at radius 2 is 1.63 bits per heavy atom. The van der Waals surface area contributed by atoms with Crippen LogP contribution in [-0.2, 0) is 5.41 Å². The number of anilines is 1. The number of piperazine rings is 1. The maximum atomic E-state index is 2.65. The van der Waals surface area contributed by atoms with Crippen LogP contribution in [0.3, 0.4) is 0 Å². The molecule has 2 heteroatoms. The molecule has 3 aliphatic rings. The molecular weight excluding hydrogens is 232 g/mol. The third-order valence-electron chi connectivity index (χ3n) is 4.81. The van der Waals surface area contributed by atoms with Gasteiger partial charge in [-0.15, -0.1) is 0 Å². The van der Waals surface area contributed by atoms with Crippen molar-refractivity contribution in [2.45, 2.75) is 51.6 Å². The lowest BCUT2D eigenvalue weighted by molar-refractivity contribution is 0.00465. The van der Waals surface area contributed by atoms with Gasteiger partial charge < -0.3 is 4.90 Å². The molecule has 2 unspecified atom stereocenters. The molecule has 1 aromatic rings. The van der Waals surface area contributed by atoms with Gasteiger partial charge in [0.25, 0.3) is 0 Å². The summed E-state index contributed by atoms with van der Waals surface area (Å²) in [6, 6.07) is 10.8. The van der Waals surface area contributed by atoms with Crippen LogP contribution in [0.5, 0.6) is 0 Å². The van der Waals surface area contributed by atoms with E-state index in [0.717, 1.165) is 12.1 Å². The summed E-state index contributed by atoms with van der Waals surface area (Å²) < 4.78 is 0. The van der Waals surface area contributed by atoms with Crippen molar-refractivity contribution >= 4 is 5.69 Å². The highest BCUT2D eigenvalue weighted by Crippen LogP contribution is 2.34. The summed E-state index contributed by atoms with van der Waals surface area (Å²) in [4.78, 5) is 5.22. The van der Waals surface area contributed by atoms with Crippen LogP contribution in [0.4, 0.5) is 5.69 Å². The molecule has 1 aromatic carbocycles. The lowest BCUT2D eigenvalue weighted by atomic mass is 9.85. The Morgan fingerprint density at radius 1 is 1.05 bits per heavy atom. The highest BCUT2D eigenvalue weighted by Gasteiger charge is 2.43. The fourth-order valence-corrected chi connectivity index (χ4v) is 3.59. The van der Waals surface area contributed by atoms with Crippen molar-refractivity contribution < 1.29 is 0 Å². The highest BCUT2D eigenvalue weighted by molar-refractivity contribution is 5.50. The minimum atomic E-state index is 0.252. The Balaban J connectivity index is 1.71. The molecule has 104 valence electrons. The standard InChI is InChI=1S/C17H26N2/c1-5-19-15-10-16(19)12-18(11-15)14-8-6-13(7-9-14)17(2,3)4/h6-9,15-16H,5,10-12H2,1-4H3. The fourth-order valence-electron chi connectivity index (χ4n) is 3.59. The molecule has 0 aliphatic carbocycles. The van der Waals surface area contributed by atoms with E-state index in [0.29, 0.717) is 0 Å². The average molecular weight is 258 g/mol. The second-order valence-electron chi connectivity index (χ2n) is 7.08. The maximum Gasteiger partial charge on any atom is 0.0367 e. The van der Waals surface area contributed by atoms with E-state index in [1.807, 2.05) is 0 Å². The zero-order valence-corrected chi connectivity index (χ0v) is 12.7. The summed E-state index contributed by atoms with van der Waals surface area (Å²) in [5.41, 5.74) is 3.08. The summed E-state index contributed by atoms with van der Waals surface area (Å²) in [5.74, 6) is 0. The van der Waals surface area contributed by atoms with Crippen LogP contribution in [-0.4, -0.2) is 36.6 Å². The zero-order chi connectivity index (χ0) is 13.6. The Kier molecular flexibility index (Phi) is 3.09. The fraction of sp³-hybridized carbons (Fsp3) is 0.647. The molecule has 2 bridgehead atoms. The highest BCUT2D eigenvalue weighted by atomic mass is 15.4. The topological polar surface area (TPSA) is 6.48 Å². The first kappa shape index (κ1) is 13.0. The first-order valence-corrected chi connectivity index (χ1v) is 7.60. The second-order valence-corrected chi connectivity index (χ2v) is 7.08. The molecule has 2 atom stereocenters. The van der Waals surface area contributed by atoms with Crippen molar-refractivity contribution in [2.24, 2.45) is 0 Å². The maximum absolute atomic E-state index is 2.65. The van der Waals surface area contributed by atoms with E-state index in [2.05, 4.69) is 61.8 Å². The first-order chi connectivity index (χ1) is 8.99. The normalized spacial score (nSPS) is 27.3. The number of likely N-dealkylation sites (N-methyl/N-ethyl adjacent to an activating group) is 1. The van der Waals surface area contributed by atoms with E-state index < -0.39 is 0 Å². The smallest absolute Gasteiger partial charge is 0.0367 e. The Labute approximate surface area is 117 Å². The van der Waals surface area contributed by atoms with E-state index in [-0.39, 0.29) is 5.41 Å². The summed E-state index contributed by atoms with van der Waals surface area (Å²) in [7, 11) is 0. The van der Waals surface area contributed by atoms with Crippen LogP contribution in [0.2, 0.25) is 0 Å².